The molecule has 0 saturated heterocycles. The minimum Gasteiger partial charge on any atom is -0.350 e. The van der Waals surface area contributed by atoms with Crippen LogP contribution in [-0.2, 0) is 26.2 Å². The number of nitrogens with zero attached hydrogens (tertiary/aromatic N) is 2. The van der Waals surface area contributed by atoms with Crippen LogP contribution in [0.15, 0.2) is 42.5 Å². The molecule has 9 heteroatoms. The van der Waals surface area contributed by atoms with Crippen molar-refractivity contribution in [2.75, 3.05) is 17.1 Å². The molecular weight excluding hydrogens is 510 g/mol. The first-order valence-corrected chi connectivity index (χ1v) is 14.8. The summed E-state index contributed by atoms with van der Waals surface area (Å²) in [5.41, 5.74) is 2.92. The van der Waals surface area contributed by atoms with Gasteiger partial charge in [-0.15, -0.1) is 0 Å². The Bertz CT molecular complexity index is 1170. The smallest absolute Gasteiger partial charge is 0.243 e. The highest BCUT2D eigenvalue weighted by Crippen LogP contribution is 2.23. The molecule has 0 saturated carbocycles. The van der Waals surface area contributed by atoms with Gasteiger partial charge >= 0.3 is 0 Å². The van der Waals surface area contributed by atoms with Gasteiger partial charge in [0.05, 0.1) is 11.9 Å². The molecule has 1 atom stereocenters. The van der Waals surface area contributed by atoms with Gasteiger partial charge in [0.1, 0.15) is 6.04 Å². The molecule has 0 radical (unpaired) electrons. The van der Waals surface area contributed by atoms with Gasteiger partial charge in [-0.3, -0.25) is 13.9 Å². The zero-order valence-corrected chi connectivity index (χ0v) is 24.5. The SMILES string of the molecule is CC[C@@H](C(=O)NC(C)(C)C)N(Cc1ccc(Cl)cc1)C(=O)CCCN(c1cc(C)cc(C)c1)S(C)(=O)=O. The fraction of sp³-hybridized carbons (Fsp3) is 0.500. The van der Waals surface area contributed by atoms with E-state index in [0.29, 0.717) is 23.6 Å². The molecule has 37 heavy (non-hydrogen) atoms. The van der Waals surface area contributed by atoms with E-state index in [1.54, 1.807) is 17.0 Å². The number of aryl methyl sites for hydroxylation is 2. The van der Waals surface area contributed by atoms with Crippen molar-refractivity contribution in [1.29, 1.82) is 0 Å². The summed E-state index contributed by atoms with van der Waals surface area (Å²) >= 11 is 6.03. The molecule has 0 aromatic heterocycles. The fourth-order valence-electron chi connectivity index (χ4n) is 4.26. The van der Waals surface area contributed by atoms with Gasteiger partial charge in [-0.2, -0.15) is 0 Å². The molecule has 0 fully saturated rings. The van der Waals surface area contributed by atoms with Crippen molar-refractivity contribution >= 4 is 39.1 Å². The van der Waals surface area contributed by atoms with Crippen LogP contribution >= 0.6 is 11.6 Å². The topological polar surface area (TPSA) is 86.8 Å². The third-order valence-corrected chi connectivity index (χ3v) is 7.24. The Labute approximate surface area is 227 Å². The molecule has 0 heterocycles. The summed E-state index contributed by atoms with van der Waals surface area (Å²) in [5, 5.41) is 3.57. The van der Waals surface area contributed by atoms with Crippen LogP contribution in [0.5, 0.6) is 0 Å². The van der Waals surface area contributed by atoms with E-state index in [1.807, 2.05) is 71.9 Å². The predicted molar refractivity (Wildman–Crippen MR) is 151 cm³/mol. The Kier molecular flexibility index (Phi) is 10.6. The summed E-state index contributed by atoms with van der Waals surface area (Å²) in [6.07, 6.45) is 2.03. The van der Waals surface area contributed by atoms with Gasteiger partial charge in [-0.25, -0.2) is 8.42 Å². The summed E-state index contributed by atoms with van der Waals surface area (Å²) in [4.78, 5) is 28.2. The highest BCUT2D eigenvalue weighted by atomic mass is 35.5. The van der Waals surface area contributed by atoms with E-state index in [-0.39, 0.29) is 31.3 Å². The summed E-state index contributed by atoms with van der Waals surface area (Å²) in [5.74, 6) is -0.426. The molecule has 1 N–H and O–H groups in total. The molecule has 204 valence electrons. The quantitative estimate of drug-likeness (QED) is 0.416. The normalized spacial score (nSPS) is 12.6. The lowest BCUT2D eigenvalue weighted by molar-refractivity contribution is -0.142. The molecule has 0 unspecified atom stereocenters. The number of hydrogen-bond acceptors (Lipinski definition) is 4. The van der Waals surface area contributed by atoms with Crippen molar-refractivity contribution in [2.24, 2.45) is 0 Å². The van der Waals surface area contributed by atoms with E-state index in [1.165, 1.54) is 10.6 Å². The summed E-state index contributed by atoms with van der Waals surface area (Å²) in [6, 6.07) is 12.2. The Hall–Kier alpha value is -2.58. The maximum absolute atomic E-state index is 13.5. The molecular formula is C28H40ClN3O4S. The lowest BCUT2D eigenvalue weighted by Gasteiger charge is -2.33. The van der Waals surface area contributed by atoms with E-state index in [0.717, 1.165) is 16.7 Å². The zero-order chi connectivity index (χ0) is 28.0. The van der Waals surface area contributed by atoms with Crippen molar-refractivity contribution in [1.82, 2.24) is 10.2 Å². The standard InChI is InChI=1S/C28H40ClN3O4S/c1-8-25(27(34)30-28(4,5)6)31(19-22-11-13-23(29)14-12-22)26(33)10-9-15-32(37(7,35)36)24-17-20(2)16-21(3)18-24/h11-14,16-18,25H,8-10,15,19H2,1-7H3,(H,30,34)/t25-/m0/s1. The first-order chi connectivity index (χ1) is 17.1. The summed E-state index contributed by atoms with van der Waals surface area (Å²) < 4.78 is 26.5. The first-order valence-electron chi connectivity index (χ1n) is 12.5. The number of hydrogen-bond donors (Lipinski definition) is 1. The molecule has 2 amide bonds. The second-order valence-electron chi connectivity index (χ2n) is 10.6. The highest BCUT2D eigenvalue weighted by molar-refractivity contribution is 7.92. The molecule has 7 nitrogen and oxygen atoms in total. The Morgan fingerprint density at radius 1 is 1.03 bits per heavy atom. The van der Waals surface area contributed by atoms with E-state index in [9.17, 15) is 18.0 Å². The number of anilines is 1. The van der Waals surface area contributed by atoms with Crippen LogP contribution in [0, 0.1) is 13.8 Å². The average molecular weight is 550 g/mol. The van der Waals surface area contributed by atoms with Gasteiger partial charge in [0, 0.05) is 30.1 Å². The van der Waals surface area contributed by atoms with Crippen molar-refractivity contribution in [2.45, 2.75) is 78.9 Å². The fourth-order valence-corrected chi connectivity index (χ4v) is 5.33. The van der Waals surface area contributed by atoms with Crippen LogP contribution in [0.3, 0.4) is 0 Å². The molecule has 0 aliphatic heterocycles. The van der Waals surface area contributed by atoms with E-state index in [2.05, 4.69) is 5.32 Å². The van der Waals surface area contributed by atoms with Gasteiger partial charge in [-0.1, -0.05) is 36.7 Å². The minimum absolute atomic E-state index is 0.101. The third-order valence-electron chi connectivity index (χ3n) is 5.80. The Morgan fingerprint density at radius 3 is 2.08 bits per heavy atom. The van der Waals surface area contributed by atoms with Crippen LogP contribution in [0.2, 0.25) is 5.02 Å². The van der Waals surface area contributed by atoms with Crippen LogP contribution in [-0.4, -0.2) is 49.5 Å². The van der Waals surface area contributed by atoms with Gasteiger partial charge < -0.3 is 10.2 Å². The number of carbonyl (C=O) groups excluding carboxylic acids is 2. The lowest BCUT2D eigenvalue weighted by Crippen LogP contribution is -2.53. The van der Waals surface area contributed by atoms with Crippen LogP contribution in [0.25, 0.3) is 0 Å². The van der Waals surface area contributed by atoms with E-state index >= 15 is 0 Å². The summed E-state index contributed by atoms with van der Waals surface area (Å²) in [7, 11) is -3.55. The van der Waals surface area contributed by atoms with Crippen molar-refractivity contribution in [3.05, 3.63) is 64.2 Å². The number of carbonyl (C=O) groups is 2. The molecule has 0 aliphatic carbocycles. The maximum Gasteiger partial charge on any atom is 0.243 e. The lowest BCUT2D eigenvalue weighted by atomic mass is 10.0. The monoisotopic (exact) mass is 549 g/mol. The van der Waals surface area contributed by atoms with E-state index in [4.69, 9.17) is 11.6 Å². The number of benzene rings is 2. The molecule has 2 aromatic rings. The first kappa shape index (κ1) is 30.6. The third kappa shape index (κ3) is 9.67. The molecule has 2 aromatic carbocycles. The summed E-state index contributed by atoms with van der Waals surface area (Å²) in [6.45, 7) is 11.8. The van der Waals surface area contributed by atoms with Crippen molar-refractivity contribution in [3.63, 3.8) is 0 Å². The molecule has 0 spiro atoms. The molecule has 0 bridgehead atoms. The Balaban J connectivity index is 2.26. The van der Waals surface area contributed by atoms with Gasteiger partial charge in [-0.05, 0) is 88.4 Å². The largest absolute Gasteiger partial charge is 0.350 e. The second kappa shape index (κ2) is 12.8. The van der Waals surface area contributed by atoms with Gasteiger partial charge in [0.15, 0.2) is 0 Å². The molecule has 0 aliphatic rings. The highest BCUT2D eigenvalue weighted by Gasteiger charge is 2.30. The predicted octanol–water partition coefficient (Wildman–Crippen LogP) is 5.23. The number of sulfonamides is 1. The van der Waals surface area contributed by atoms with Crippen molar-refractivity contribution in [3.8, 4) is 0 Å². The van der Waals surface area contributed by atoms with Crippen molar-refractivity contribution < 1.29 is 18.0 Å². The Morgan fingerprint density at radius 2 is 1.59 bits per heavy atom. The zero-order valence-electron chi connectivity index (χ0n) is 23.0. The number of amides is 2. The van der Waals surface area contributed by atoms with Crippen LogP contribution in [0.1, 0.15) is 63.6 Å². The second-order valence-corrected chi connectivity index (χ2v) is 12.9. The number of nitrogens with one attached hydrogen (secondary N) is 1. The van der Waals surface area contributed by atoms with Crippen LogP contribution < -0.4 is 9.62 Å². The molecule has 2 rings (SSSR count). The van der Waals surface area contributed by atoms with Crippen LogP contribution in [0.4, 0.5) is 5.69 Å². The van der Waals surface area contributed by atoms with Gasteiger partial charge in [0.2, 0.25) is 21.8 Å². The maximum atomic E-state index is 13.5. The number of rotatable bonds is 11. The average Bonchev–Trinajstić information content (AvgIpc) is 2.75. The van der Waals surface area contributed by atoms with E-state index < -0.39 is 21.6 Å². The number of halogens is 1. The van der Waals surface area contributed by atoms with Gasteiger partial charge in [0.25, 0.3) is 0 Å². The minimum atomic E-state index is -3.55.